The number of nitrogens with zero attached hydrogens (tertiary/aromatic N) is 2. The lowest BCUT2D eigenvalue weighted by atomic mass is 10.1. The zero-order valence-electron chi connectivity index (χ0n) is 12.0. The van der Waals surface area contributed by atoms with Crippen molar-refractivity contribution in [3.63, 3.8) is 0 Å². The third kappa shape index (κ3) is 1.46. The lowest BCUT2D eigenvalue weighted by molar-refractivity contribution is -0.0782. The van der Waals surface area contributed by atoms with Gasteiger partial charge in [0.05, 0.1) is 5.39 Å². The molecule has 112 valence electrons. The maximum atomic E-state index is 12.3. The number of fused-ring (bicyclic) bond motifs is 5. The Bertz CT molecular complexity index is 1010. The molecular formula is C15H13N3O4. The first-order chi connectivity index (χ1) is 10.4. The van der Waals surface area contributed by atoms with Crippen LogP contribution in [0.3, 0.4) is 0 Å². The highest BCUT2D eigenvalue weighted by molar-refractivity contribution is 6.07. The van der Waals surface area contributed by atoms with Crippen molar-refractivity contribution in [2.24, 2.45) is 10.8 Å². The van der Waals surface area contributed by atoms with E-state index in [2.05, 4.69) is 4.99 Å². The molecule has 0 aliphatic carbocycles. The lowest BCUT2D eigenvalue weighted by Gasteiger charge is -2.35. The Morgan fingerprint density at radius 1 is 1.32 bits per heavy atom. The summed E-state index contributed by atoms with van der Waals surface area (Å²) in [6, 6.07) is 7.03. The predicted octanol–water partition coefficient (Wildman–Crippen LogP) is 1.94. The third-order valence-electron chi connectivity index (χ3n) is 3.94. The number of para-hydroxylation sites is 1. The summed E-state index contributed by atoms with van der Waals surface area (Å²) in [5.74, 6) is 6.33. The minimum atomic E-state index is -1.60. The zero-order valence-corrected chi connectivity index (χ0v) is 12.0. The fourth-order valence-corrected chi connectivity index (χ4v) is 2.76. The van der Waals surface area contributed by atoms with Crippen LogP contribution in [0.2, 0.25) is 0 Å². The largest absolute Gasteiger partial charge is 0.452 e. The van der Waals surface area contributed by atoms with Gasteiger partial charge in [-0.1, -0.05) is 12.1 Å². The minimum Gasteiger partial charge on any atom is -0.452 e. The second-order valence-electron chi connectivity index (χ2n) is 5.42. The maximum Gasteiger partial charge on any atom is 0.349 e. The molecule has 0 bridgehead atoms. The van der Waals surface area contributed by atoms with Gasteiger partial charge in [-0.2, -0.15) is 0 Å². The Balaban J connectivity index is 2.24. The van der Waals surface area contributed by atoms with Crippen LogP contribution in [0.4, 0.5) is 5.69 Å². The van der Waals surface area contributed by atoms with Gasteiger partial charge in [0.1, 0.15) is 22.5 Å². The molecule has 1 aromatic carbocycles. The molecule has 7 heteroatoms. The summed E-state index contributed by atoms with van der Waals surface area (Å²) >= 11 is 0. The quantitative estimate of drug-likeness (QED) is 0.485. The van der Waals surface area contributed by atoms with Gasteiger partial charge in [-0.05, 0) is 26.0 Å². The van der Waals surface area contributed by atoms with E-state index in [1.165, 1.54) is 6.92 Å². The van der Waals surface area contributed by atoms with E-state index in [1.54, 1.807) is 25.1 Å². The van der Waals surface area contributed by atoms with Gasteiger partial charge in [0.15, 0.2) is 11.3 Å². The number of hydrogen-bond donors (Lipinski definition) is 2. The van der Waals surface area contributed by atoms with E-state index in [9.17, 15) is 9.90 Å². The number of nitrogens with two attached hydrogens (primary N) is 1. The number of aliphatic imine (C=N–C) groups is 1. The van der Waals surface area contributed by atoms with Gasteiger partial charge in [-0.25, -0.2) is 15.6 Å². The second kappa shape index (κ2) is 3.96. The van der Waals surface area contributed by atoms with E-state index < -0.39 is 11.4 Å². The van der Waals surface area contributed by atoms with Crippen LogP contribution in [-0.4, -0.2) is 16.0 Å². The zero-order chi connectivity index (χ0) is 15.6. The fourth-order valence-electron chi connectivity index (χ4n) is 2.76. The van der Waals surface area contributed by atoms with E-state index in [0.29, 0.717) is 22.4 Å². The van der Waals surface area contributed by atoms with Crippen LogP contribution in [-0.2, 0) is 5.72 Å². The molecule has 1 unspecified atom stereocenters. The van der Waals surface area contributed by atoms with E-state index >= 15 is 0 Å². The number of amidine groups is 1. The van der Waals surface area contributed by atoms with Crippen LogP contribution in [0.25, 0.3) is 21.9 Å². The van der Waals surface area contributed by atoms with Crippen LogP contribution in [0.15, 0.2) is 42.9 Å². The summed E-state index contributed by atoms with van der Waals surface area (Å²) in [5.41, 5.74) is -1.15. The van der Waals surface area contributed by atoms with Gasteiger partial charge >= 0.3 is 5.63 Å². The summed E-state index contributed by atoms with van der Waals surface area (Å²) in [5, 5.41) is 12.6. The molecule has 0 radical (unpaired) electrons. The second-order valence-corrected chi connectivity index (χ2v) is 5.42. The van der Waals surface area contributed by atoms with E-state index in [0.717, 1.165) is 5.01 Å². The fraction of sp³-hybridized carbons (Fsp3) is 0.200. The molecule has 3 aromatic rings. The lowest BCUT2D eigenvalue weighted by Crippen LogP contribution is -2.52. The standard InChI is InChI=1S/C15H13N3O4/c1-7-17-11-10-12(22-13(11)15(2,20)18(7)16)8-5-3-4-6-9(8)21-14(10)19/h3-6,20H,16H2,1-2H3. The Labute approximate surface area is 124 Å². The van der Waals surface area contributed by atoms with Crippen LogP contribution >= 0.6 is 0 Å². The van der Waals surface area contributed by atoms with Crippen molar-refractivity contribution in [3.8, 4) is 0 Å². The molecule has 0 fully saturated rings. The first kappa shape index (κ1) is 13.1. The van der Waals surface area contributed by atoms with E-state index in [-0.39, 0.29) is 16.8 Å². The Hall–Kier alpha value is -2.64. The third-order valence-corrected chi connectivity index (χ3v) is 3.94. The van der Waals surface area contributed by atoms with Crippen molar-refractivity contribution in [1.82, 2.24) is 5.01 Å². The number of rotatable bonds is 0. The van der Waals surface area contributed by atoms with E-state index in [4.69, 9.17) is 14.7 Å². The molecule has 1 aliphatic rings. The highest BCUT2D eigenvalue weighted by Crippen LogP contribution is 2.43. The molecule has 0 spiro atoms. The van der Waals surface area contributed by atoms with Gasteiger partial charge in [-0.15, -0.1) is 0 Å². The Morgan fingerprint density at radius 3 is 2.82 bits per heavy atom. The van der Waals surface area contributed by atoms with Gasteiger partial charge in [0.2, 0.25) is 5.72 Å². The minimum absolute atomic E-state index is 0.124. The molecule has 7 nitrogen and oxygen atoms in total. The molecule has 0 saturated carbocycles. The first-order valence-corrected chi connectivity index (χ1v) is 6.72. The maximum absolute atomic E-state index is 12.3. The number of aliphatic hydroxyl groups is 1. The average molecular weight is 299 g/mol. The molecular weight excluding hydrogens is 286 g/mol. The van der Waals surface area contributed by atoms with Crippen LogP contribution in [0.5, 0.6) is 0 Å². The van der Waals surface area contributed by atoms with Crippen LogP contribution in [0, 0.1) is 0 Å². The molecule has 1 aliphatic heterocycles. The average Bonchev–Trinajstić information content (AvgIpc) is 2.87. The smallest absolute Gasteiger partial charge is 0.349 e. The molecule has 2 aromatic heterocycles. The van der Waals surface area contributed by atoms with Crippen molar-refractivity contribution in [2.45, 2.75) is 19.6 Å². The van der Waals surface area contributed by atoms with Crippen molar-refractivity contribution in [3.05, 3.63) is 40.4 Å². The summed E-state index contributed by atoms with van der Waals surface area (Å²) in [6.07, 6.45) is 0. The molecule has 1 atom stereocenters. The van der Waals surface area contributed by atoms with Crippen molar-refractivity contribution < 1.29 is 13.9 Å². The topological polar surface area (TPSA) is 105 Å². The Kier molecular flexibility index (Phi) is 2.35. The first-order valence-electron chi connectivity index (χ1n) is 6.72. The summed E-state index contributed by atoms with van der Waals surface area (Å²) < 4.78 is 11.1. The van der Waals surface area contributed by atoms with Crippen molar-refractivity contribution >= 4 is 33.5 Å². The highest BCUT2D eigenvalue weighted by Gasteiger charge is 2.42. The van der Waals surface area contributed by atoms with Crippen molar-refractivity contribution in [2.75, 3.05) is 0 Å². The molecule has 4 rings (SSSR count). The van der Waals surface area contributed by atoms with Crippen LogP contribution in [0.1, 0.15) is 19.6 Å². The van der Waals surface area contributed by atoms with E-state index in [1.807, 2.05) is 6.07 Å². The summed E-state index contributed by atoms with van der Waals surface area (Å²) in [6.45, 7) is 3.12. The van der Waals surface area contributed by atoms with Crippen LogP contribution < -0.4 is 11.5 Å². The van der Waals surface area contributed by atoms with Gasteiger partial charge in [0.25, 0.3) is 0 Å². The Morgan fingerprint density at radius 2 is 2.05 bits per heavy atom. The van der Waals surface area contributed by atoms with Gasteiger partial charge < -0.3 is 13.9 Å². The number of hydrazine groups is 1. The molecule has 0 amide bonds. The van der Waals surface area contributed by atoms with Gasteiger partial charge in [-0.3, -0.25) is 5.01 Å². The number of furan rings is 1. The molecule has 0 saturated heterocycles. The van der Waals surface area contributed by atoms with Crippen molar-refractivity contribution in [1.29, 1.82) is 0 Å². The molecule has 3 N–H and O–H groups in total. The summed E-state index contributed by atoms with van der Waals surface area (Å²) in [4.78, 5) is 16.6. The SMILES string of the molecule is CC1=Nc2c(oc3c2c(=O)oc2ccccc23)C(C)(O)N1N. The molecule has 3 heterocycles. The summed E-state index contributed by atoms with van der Waals surface area (Å²) in [7, 11) is 0. The number of hydrogen-bond acceptors (Lipinski definition) is 7. The predicted molar refractivity (Wildman–Crippen MR) is 80.6 cm³/mol. The molecule has 22 heavy (non-hydrogen) atoms. The number of benzene rings is 1. The highest BCUT2D eigenvalue weighted by atomic mass is 16.4. The normalized spacial score (nSPS) is 21.3. The monoisotopic (exact) mass is 299 g/mol. The van der Waals surface area contributed by atoms with Gasteiger partial charge in [0, 0.05) is 0 Å².